The molecular formula is C12H11ClN2O5S3. The summed E-state index contributed by atoms with van der Waals surface area (Å²) in [4.78, 5) is 14.3. The fourth-order valence-electron chi connectivity index (χ4n) is 1.65. The maximum absolute atomic E-state index is 12.5. The second kappa shape index (κ2) is 6.19. The maximum Gasteiger partial charge on any atom is 0.233 e. The summed E-state index contributed by atoms with van der Waals surface area (Å²) in [7, 11) is -8.19. The van der Waals surface area contributed by atoms with E-state index in [4.69, 9.17) is 17.3 Å². The van der Waals surface area contributed by atoms with E-state index < -0.39 is 40.7 Å². The van der Waals surface area contributed by atoms with Gasteiger partial charge in [-0.1, -0.05) is 40.6 Å². The van der Waals surface area contributed by atoms with Crippen LogP contribution in [-0.4, -0.2) is 33.5 Å². The van der Waals surface area contributed by atoms with Crippen LogP contribution in [0.15, 0.2) is 38.5 Å². The number of halogens is 1. The van der Waals surface area contributed by atoms with Gasteiger partial charge in [-0.2, -0.15) is 0 Å². The number of benzene rings is 1. The van der Waals surface area contributed by atoms with Gasteiger partial charge < -0.3 is 5.73 Å². The maximum atomic E-state index is 12.5. The topological polar surface area (TPSA) is 124 Å². The van der Waals surface area contributed by atoms with E-state index in [-0.39, 0.29) is 9.23 Å². The van der Waals surface area contributed by atoms with Crippen LogP contribution in [0.1, 0.15) is 5.56 Å². The highest BCUT2D eigenvalue weighted by atomic mass is 35.5. The van der Waals surface area contributed by atoms with Crippen molar-refractivity contribution in [3.8, 4) is 0 Å². The molecule has 23 heavy (non-hydrogen) atoms. The third-order valence-electron chi connectivity index (χ3n) is 2.72. The van der Waals surface area contributed by atoms with E-state index in [9.17, 15) is 21.6 Å². The first-order valence-electron chi connectivity index (χ1n) is 6.03. The van der Waals surface area contributed by atoms with Crippen LogP contribution in [0.2, 0.25) is 4.34 Å². The molecule has 0 atom stereocenters. The van der Waals surface area contributed by atoms with Gasteiger partial charge >= 0.3 is 0 Å². The second-order valence-electron chi connectivity index (χ2n) is 4.60. The third kappa shape index (κ3) is 3.71. The molecule has 11 heteroatoms. The van der Waals surface area contributed by atoms with E-state index in [1.807, 2.05) is 0 Å². The fourth-order valence-corrected chi connectivity index (χ4v) is 6.15. The molecule has 0 spiro atoms. The van der Waals surface area contributed by atoms with Crippen molar-refractivity contribution in [1.82, 2.24) is 4.98 Å². The highest BCUT2D eigenvalue weighted by molar-refractivity contribution is 7.94. The van der Waals surface area contributed by atoms with Crippen LogP contribution in [0.5, 0.6) is 0 Å². The Morgan fingerprint density at radius 1 is 1.22 bits per heavy atom. The lowest BCUT2D eigenvalue weighted by molar-refractivity contribution is -0.115. The Balaban J connectivity index is 2.53. The van der Waals surface area contributed by atoms with Crippen molar-refractivity contribution in [2.75, 3.05) is 5.75 Å². The number of thiazole rings is 1. The number of carbonyl (C=O) groups is 1. The Labute approximate surface area is 141 Å². The lowest BCUT2D eigenvalue weighted by atomic mass is 10.2. The van der Waals surface area contributed by atoms with E-state index in [0.717, 1.165) is 5.56 Å². The van der Waals surface area contributed by atoms with Gasteiger partial charge in [-0.25, -0.2) is 21.8 Å². The number of nitrogens with zero attached hydrogens (tertiary/aromatic N) is 1. The average molecular weight is 395 g/mol. The van der Waals surface area contributed by atoms with Crippen LogP contribution in [0.4, 0.5) is 0 Å². The molecule has 1 amide bonds. The number of sulfone groups is 2. The molecule has 0 radical (unpaired) electrons. The van der Waals surface area contributed by atoms with E-state index in [2.05, 4.69) is 4.98 Å². The number of rotatable bonds is 5. The average Bonchev–Trinajstić information content (AvgIpc) is 2.81. The number of aromatic nitrogens is 1. The summed E-state index contributed by atoms with van der Waals surface area (Å²) in [5.74, 6) is -2.04. The summed E-state index contributed by atoms with van der Waals surface area (Å²) in [5, 5.41) is -0.559. The molecule has 2 N–H and O–H groups in total. The summed E-state index contributed by atoms with van der Waals surface area (Å²) < 4.78 is 48.0. The van der Waals surface area contributed by atoms with Gasteiger partial charge in [-0.05, 0) is 19.1 Å². The van der Waals surface area contributed by atoms with E-state index in [1.165, 1.54) is 12.1 Å². The first-order valence-corrected chi connectivity index (χ1v) is 10.4. The number of hydrogen-bond donors (Lipinski definition) is 1. The first kappa shape index (κ1) is 17.9. The zero-order valence-electron chi connectivity index (χ0n) is 11.7. The van der Waals surface area contributed by atoms with Crippen LogP contribution < -0.4 is 5.73 Å². The van der Waals surface area contributed by atoms with Crippen LogP contribution in [0, 0.1) is 6.92 Å². The van der Waals surface area contributed by atoms with Gasteiger partial charge in [-0.3, -0.25) is 4.79 Å². The van der Waals surface area contributed by atoms with Gasteiger partial charge in [0.05, 0.1) is 4.90 Å². The van der Waals surface area contributed by atoms with Crippen molar-refractivity contribution >= 4 is 48.5 Å². The Hall–Kier alpha value is -1.49. The number of carbonyl (C=O) groups excluding carboxylic acids is 1. The summed E-state index contributed by atoms with van der Waals surface area (Å²) in [5.41, 5.74) is 5.72. The normalized spacial score (nSPS) is 12.3. The van der Waals surface area contributed by atoms with Crippen LogP contribution in [0.25, 0.3) is 0 Å². The molecule has 0 saturated heterocycles. The van der Waals surface area contributed by atoms with Crippen molar-refractivity contribution in [2.45, 2.75) is 21.2 Å². The molecule has 124 valence electrons. The van der Waals surface area contributed by atoms with E-state index in [0.29, 0.717) is 11.3 Å². The molecule has 1 aromatic carbocycles. The van der Waals surface area contributed by atoms with Gasteiger partial charge in [0.25, 0.3) is 0 Å². The molecule has 2 aromatic rings. The Morgan fingerprint density at radius 3 is 2.30 bits per heavy atom. The predicted molar refractivity (Wildman–Crippen MR) is 85.0 cm³/mol. The zero-order valence-corrected chi connectivity index (χ0v) is 14.9. The molecule has 0 aliphatic heterocycles. The third-order valence-corrected chi connectivity index (χ3v) is 8.01. The second-order valence-corrected chi connectivity index (χ2v) is 10.2. The minimum atomic E-state index is -4.13. The minimum Gasteiger partial charge on any atom is -0.369 e. The van der Waals surface area contributed by atoms with Gasteiger partial charge in [0.15, 0.2) is 5.03 Å². The molecule has 0 unspecified atom stereocenters. The van der Waals surface area contributed by atoms with Crippen LogP contribution in [-0.2, 0) is 24.5 Å². The predicted octanol–water partition coefficient (Wildman–Crippen LogP) is 1.20. The largest absolute Gasteiger partial charge is 0.369 e. The van der Waals surface area contributed by atoms with Crippen LogP contribution >= 0.6 is 22.9 Å². The number of aryl methyl sites for hydroxylation is 1. The number of amides is 1. The van der Waals surface area contributed by atoms with Gasteiger partial charge in [0.2, 0.25) is 29.9 Å². The summed E-state index contributed by atoms with van der Waals surface area (Å²) in [6.45, 7) is 1.79. The summed E-state index contributed by atoms with van der Waals surface area (Å²) >= 11 is 6.32. The lowest BCUT2D eigenvalue weighted by Gasteiger charge is -2.02. The summed E-state index contributed by atoms with van der Waals surface area (Å²) in [6.07, 6.45) is 0. The van der Waals surface area contributed by atoms with Crippen molar-refractivity contribution in [3.05, 3.63) is 34.2 Å². The van der Waals surface area contributed by atoms with E-state index >= 15 is 0 Å². The van der Waals surface area contributed by atoms with Crippen molar-refractivity contribution in [2.24, 2.45) is 5.73 Å². The molecular weight excluding hydrogens is 384 g/mol. The SMILES string of the molecule is Cc1ccc(S(=O)(=O)c2nc(S(=O)(=O)CC(N)=O)sc2Cl)cc1. The van der Waals surface area contributed by atoms with E-state index in [1.54, 1.807) is 19.1 Å². The van der Waals surface area contributed by atoms with Crippen molar-refractivity contribution in [3.63, 3.8) is 0 Å². The van der Waals surface area contributed by atoms with Gasteiger partial charge in [0.1, 0.15) is 10.1 Å². The quantitative estimate of drug-likeness (QED) is 0.812. The van der Waals surface area contributed by atoms with Crippen molar-refractivity contribution < 1.29 is 21.6 Å². The van der Waals surface area contributed by atoms with Gasteiger partial charge in [-0.15, -0.1) is 0 Å². The minimum absolute atomic E-state index is 0.0610. The molecule has 0 aliphatic carbocycles. The number of hydrogen-bond acceptors (Lipinski definition) is 7. The molecule has 2 rings (SSSR count). The first-order chi connectivity index (χ1) is 10.5. The monoisotopic (exact) mass is 394 g/mol. The fraction of sp³-hybridized carbons (Fsp3) is 0.167. The van der Waals surface area contributed by atoms with Crippen molar-refractivity contribution in [1.29, 1.82) is 0 Å². The highest BCUT2D eigenvalue weighted by Crippen LogP contribution is 2.34. The molecule has 0 bridgehead atoms. The number of primary amides is 1. The highest BCUT2D eigenvalue weighted by Gasteiger charge is 2.30. The Kier molecular flexibility index (Phi) is 4.81. The molecule has 0 aliphatic rings. The van der Waals surface area contributed by atoms with Crippen LogP contribution in [0.3, 0.4) is 0 Å². The Bertz CT molecular complexity index is 963. The van der Waals surface area contributed by atoms with Gasteiger partial charge in [0, 0.05) is 0 Å². The molecule has 0 saturated carbocycles. The molecule has 7 nitrogen and oxygen atoms in total. The Morgan fingerprint density at radius 2 is 1.78 bits per heavy atom. The number of nitrogens with two attached hydrogens (primary N) is 1. The molecule has 0 fully saturated rings. The molecule has 1 aromatic heterocycles. The molecule has 1 heterocycles. The summed E-state index contributed by atoms with van der Waals surface area (Å²) in [6, 6.07) is 5.94. The lowest BCUT2D eigenvalue weighted by Crippen LogP contribution is -2.23. The smallest absolute Gasteiger partial charge is 0.233 e. The standard InChI is InChI=1S/C12H11ClN2O5S3/c1-7-2-4-8(5-3-7)23(19,20)11-10(13)21-12(15-11)22(17,18)6-9(14)16/h2-5H,6H2,1H3,(H2,14,16). The zero-order chi connectivity index (χ0) is 17.4.